The van der Waals surface area contributed by atoms with Gasteiger partial charge in [-0.05, 0) is 46.2 Å². The van der Waals surface area contributed by atoms with Gasteiger partial charge >= 0.3 is 12.0 Å². The van der Waals surface area contributed by atoms with E-state index in [1.165, 1.54) is 4.90 Å². The molecule has 0 aromatic heterocycles. The van der Waals surface area contributed by atoms with Crippen molar-refractivity contribution in [3.63, 3.8) is 0 Å². The minimum absolute atomic E-state index is 0.00243. The standard InChI is InChI=1S/C15H29N3O3/c1-5-17(6-2)11-12(3)16-14(21)18-10-8-7-9-15(18,4)13(19)20/h12H,5-11H2,1-4H3,(H,16,21)(H,19,20). The Kier molecular flexibility index (Phi) is 6.45. The van der Waals surface area contributed by atoms with Crippen molar-refractivity contribution >= 4 is 12.0 Å². The van der Waals surface area contributed by atoms with Crippen molar-refractivity contribution in [2.24, 2.45) is 0 Å². The van der Waals surface area contributed by atoms with Crippen LogP contribution in [-0.2, 0) is 4.79 Å². The molecule has 21 heavy (non-hydrogen) atoms. The number of carbonyl (C=O) groups is 2. The molecule has 1 rings (SSSR count). The Labute approximate surface area is 127 Å². The number of rotatable bonds is 6. The molecule has 0 aromatic rings. The van der Waals surface area contributed by atoms with Crippen LogP contribution in [0.3, 0.4) is 0 Å². The summed E-state index contributed by atoms with van der Waals surface area (Å²) in [6.45, 7) is 10.9. The Bertz CT molecular complexity index is 371. The Balaban J connectivity index is 2.66. The van der Waals surface area contributed by atoms with E-state index in [0.717, 1.165) is 32.5 Å². The number of likely N-dealkylation sites (tertiary alicyclic amines) is 1. The molecule has 0 bridgehead atoms. The molecule has 2 amide bonds. The van der Waals surface area contributed by atoms with Gasteiger partial charge in [0.2, 0.25) is 0 Å². The lowest BCUT2D eigenvalue weighted by Gasteiger charge is -2.42. The summed E-state index contributed by atoms with van der Waals surface area (Å²) in [5.41, 5.74) is -1.09. The maximum absolute atomic E-state index is 12.4. The van der Waals surface area contributed by atoms with Crippen molar-refractivity contribution < 1.29 is 14.7 Å². The van der Waals surface area contributed by atoms with Crippen LogP contribution in [0.2, 0.25) is 0 Å². The van der Waals surface area contributed by atoms with Crippen LogP contribution in [0.4, 0.5) is 4.79 Å². The van der Waals surface area contributed by atoms with E-state index in [4.69, 9.17) is 0 Å². The maximum Gasteiger partial charge on any atom is 0.329 e. The van der Waals surface area contributed by atoms with E-state index in [-0.39, 0.29) is 12.1 Å². The smallest absolute Gasteiger partial charge is 0.329 e. The fourth-order valence-corrected chi connectivity index (χ4v) is 2.87. The number of nitrogens with one attached hydrogen (secondary N) is 1. The van der Waals surface area contributed by atoms with Gasteiger partial charge in [0.25, 0.3) is 0 Å². The van der Waals surface area contributed by atoms with Crippen LogP contribution >= 0.6 is 0 Å². The number of nitrogens with zero attached hydrogens (tertiary/aromatic N) is 2. The molecule has 2 atom stereocenters. The van der Waals surface area contributed by atoms with E-state index in [1.54, 1.807) is 6.92 Å². The number of aliphatic carboxylic acids is 1. The zero-order valence-corrected chi connectivity index (χ0v) is 13.7. The molecule has 0 saturated carbocycles. The number of amides is 2. The molecule has 6 nitrogen and oxygen atoms in total. The van der Waals surface area contributed by atoms with Crippen molar-refractivity contribution in [3.8, 4) is 0 Å². The average molecular weight is 299 g/mol. The second-order valence-corrected chi connectivity index (χ2v) is 6.02. The summed E-state index contributed by atoms with van der Waals surface area (Å²) in [7, 11) is 0. The van der Waals surface area contributed by atoms with Gasteiger partial charge in [-0.1, -0.05) is 13.8 Å². The van der Waals surface area contributed by atoms with Gasteiger partial charge in [0, 0.05) is 19.1 Å². The van der Waals surface area contributed by atoms with Crippen LogP contribution in [0.1, 0.15) is 47.0 Å². The number of carboxylic acid groups (broad SMARTS) is 1. The zero-order valence-electron chi connectivity index (χ0n) is 13.7. The molecule has 2 N–H and O–H groups in total. The van der Waals surface area contributed by atoms with E-state index in [2.05, 4.69) is 24.1 Å². The number of carboxylic acids is 1. The third-order valence-corrected chi connectivity index (χ3v) is 4.39. The first kappa shape index (κ1) is 17.8. The lowest BCUT2D eigenvalue weighted by atomic mass is 9.89. The van der Waals surface area contributed by atoms with Crippen molar-refractivity contribution in [2.75, 3.05) is 26.2 Å². The Morgan fingerprint density at radius 1 is 1.33 bits per heavy atom. The first-order chi connectivity index (χ1) is 9.85. The van der Waals surface area contributed by atoms with Gasteiger partial charge in [-0.25, -0.2) is 9.59 Å². The molecule has 0 spiro atoms. The number of carbonyl (C=O) groups excluding carboxylic acids is 1. The molecular formula is C15H29N3O3. The summed E-state index contributed by atoms with van der Waals surface area (Å²) >= 11 is 0. The topological polar surface area (TPSA) is 72.9 Å². The third kappa shape index (κ3) is 4.33. The molecule has 0 aromatic carbocycles. The molecule has 1 heterocycles. The van der Waals surface area contributed by atoms with Crippen LogP contribution < -0.4 is 5.32 Å². The second kappa shape index (κ2) is 7.64. The first-order valence-electron chi connectivity index (χ1n) is 7.89. The number of piperidine rings is 1. The number of likely N-dealkylation sites (N-methyl/N-ethyl adjacent to an activating group) is 1. The molecule has 1 fully saturated rings. The molecule has 0 aliphatic carbocycles. The van der Waals surface area contributed by atoms with Gasteiger partial charge in [-0.3, -0.25) is 0 Å². The predicted octanol–water partition coefficient (Wildman–Crippen LogP) is 1.76. The quantitative estimate of drug-likeness (QED) is 0.784. The maximum atomic E-state index is 12.4. The normalized spacial score (nSPS) is 24.0. The van der Waals surface area contributed by atoms with Gasteiger partial charge in [0.15, 0.2) is 0 Å². The summed E-state index contributed by atoms with van der Waals surface area (Å²) in [6.07, 6.45) is 2.22. The lowest BCUT2D eigenvalue weighted by Crippen LogP contribution is -2.61. The highest BCUT2D eigenvalue weighted by Crippen LogP contribution is 2.28. The van der Waals surface area contributed by atoms with Crippen molar-refractivity contribution in [2.45, 2.75) is 58.5 Å². The molecule has 122 valence electrons. The van der Waals surface area contributed by atoms with E-state index in [1.807, 2.05) is 6.92 Å². The van der Waals surface area contributed by atoms with Gasteiger partial charge in [-0.2, -0.15) is 0 Å². The van der Waals surface area contributed by atoms with Crippen LogP contribution in [0.15, 0.2) is 0 Å². The Morgan fingerprint density at radius 2 is 1.95 bits per heavy atom. The summed E-state index contributed by atoms with van der Waals surface area (Å²) in [5, 5.41) is 12.4. The third-order valence-electron chi connectivity index (χ3n) is 4.39. The van der Waals surface area contributed by atoms with Crippen LogP contribution in [0, 0.1) is 0 Å². The minimum atomic E-state index is -1.09. The SMILES string of the molecule is CCN(CC)CC(C)NC(=O)N1CCCCC1(C)C(=O)O. The van der Waals surface area contributed by atoms with E-state index in [0.29, 0.717) is 13.0 Å². The second-order valence-electron chi connectivity index (χ2n) is 6.02. The highest BCUT2D eigenvalue weighted by molar-refractivity contribution is 5.86. The average Bonchev–Trinajstić information content (AvgIpc) is 2.44. The molecule has 1 saturated heterocycles. The summed E-state index contributed by atoms with van der Waals surface area (Å²) < 4.78 is 0. The number of urea groups is 1. The van der Waals surface area contributed by atoms with Crippen LogP contribution in [-0.4, -0.2) is 64.7 Å². The summed E-state index contributed by atoms with van der Waals surface area (Å²) in [5.74, 6) is -0.922. The first-order valence-corrected chi connectivity index (χ1v) is 7.89. The number of hydrogen-bond donors (Lipinski definition) is 2. The predicted molar refractivity (Wildman–Crippen MR) is 82.4 cm³/mol. The molecule has 1 aliphatic heterocycles. The van der Waals surface area contributed by atoms with E-state index >= 15 is 0 Å². The van der Waals surface area contributed by atoms with E-state index < -0.39 is 11.5 Å². The molecular weight excluding hydrogens is 270 g/mol. The van der Waals surface area contributed by atoms with Gasteiger partial charge in [0.05, 0.1) is 0 Å². The van der Waals surface area contributed by atoms with Crippen molar-refractivity contribution in [1.82, 2.24) is 15.1 Å². The fraction of sp³-hybridized carbons (Fsp3) is 0.867. The fourth-order valence-electron chi connectivity index (χ4n) is 2.87. The zero-order chi connectivity index (χ0) is 16.0. The van der Waals surface area contributed by atoms with Gasteiger partial charge < -0.3 is 20.2 Å². The lowest BCUT2D eigenvalue weighted by molar-refractivity contribution is -0.150. The van der Waals surface area contributed by atoms with Gasteiger partial charge in [0.1, 0.15) is 5.54 Å². The minimum Gasteiger partial charge on any atom is -0.480 e. The highest BCUT2D eigenvalue weighted by Gasteiger charge is 2.44. The largest absolute Gasteiger partial charge is 0.480 e. The Morgan fingerprint density at radius 3 is 2.48 bits per heavy atom. The van der Waals surface area contributed by atoms with Crippen LogP contribution in [0.25, 0.3) is 0 Å². The molecule has 1 aliphatic rings. The van der Waals surface area contributed by atoms with Gasteiger partial charge in [-0.15, -0.1) is 0 Å². The van der Waals surface area contributed by atoms with Crippen molar-refractivity contribution in [3.05, 3.63) is 0 Å². The number of hydrogen-bond acceptors (Lipinski definition) is 3. The Hall–Kier alpha value is -1.30. The molecule has 2 unspecified atom stereocenters. The molecule has 0 radical (unpaired) electrons. The van der Waals surface area contributed by atoms with Crippen LogP contribution in [0.5, 0.6) is 0 Å². The summed E-state index contributed by atoms with van der Waals surface area (Å²) in [6, 6.07) is -0.267. The summed E-state index contributed by atoms with van der Waals surface area (Å²) in [4.78, 5) is 27.7. The monoisotopic (exact) mass is 299 g/mol. The highest BCUT2D eigenvalue weighted by atomic mass is 16.4. The molecule has 6 heteroatoms. The van der Waals surface area contributed by atoms with Crippen molar-refractivity contribution in [1.29, 1.82) is 0 Å². The van der Waals surface area contributed by atoms with E-state index in [9.17, 15) is 14.7 Å².